The van der Waals surface area contributed by atoms with E-state index in [1.807, 2.05) is 12.1 Å². The van der Waals surface area contributed by atoms with Gasteiger partial charge < -0.3 is 15.0 Å². The Hall–Kier alpha value is -2.40. The van der Waals surface area contributed by atoms with Gasteiger partial charge in [-0.2, -0.15) is 0 Å². The molecule has 0 saturated carbocycles. The minimum absolute atomic E-state index is 0.210. The molecule has 0 radical (unpaired) electrons. The number of amides is 1. The van der Waals surface area contributed by atoms with Crippen LogP contribution in [0.4, 0.5) is 0 Å². The SMILES string of the molecule is C=C[C@H](CO)NC(=O)c1c(C)c(=O)n(C)c2ccccc12. The second kappa shape index (κ2) is 5.93. The molecule has 0 aliphatic rings. The average Bonchev–Trinajstić information content (AvgIpc) is 2.50. The number of aromatic nitrogens is 1. The van der Waals surface area contributed by atoms with Crippen molar-refractivity contribution in [2.45, 2.75) is 13.0 Å². The summed E-state index contributed by atoms with van der Waals surface area (Å²) in [4.78, 5) is 24.7. The molecule has 21 heavy (non-hydrogen) atoms. The highest BCUT2D eigenvalue weighted by Gasteiger charge is 2.19. The third-order valence-corrected chi connectivity index (χ3v) is 3.56. The van der Waals surface area contributed by atoms with E-state index < -0.39 is 6.04 Å². The maximum atomic E-state index is 12.5. The molecular weight excluding hydrogens is 268 g/mol. The highest BCUT2D eigenvalue weighted by Crippen LogP contribution is 2.19. The molecule has 1 aromatic carbocycles. The number of aliphatic hydroxyl groups excluding tert-OH is 1. The van der Waals surface area contributed by atoms with Gasteiger partial charge in [-0.1, -0.05) is 24.3 Å². The van der Waals surface area contributed by atoms with Crippen molar-refractivity contribution < 1.29 is 9.90 Å². The molecule has 2 rings (SSSR count). The molecule has 0 aliphatic heterocycles. The Morgan fingerprint density at radius 1 is 1.48 bits per heavy atom. The van der Waals surface area contributed by atoms with E-state index in [9.17, 15) is 9.59 Å². The van der Waals surface area contributed by atoms with Crippen LogP contribution >= 0.6 is 0 Å². The molecule has 2 N–H and O–H groups in total. The van der Waals surface area contributed by atoms with E-state index >= 15 is 0 Å². The van der Waals surface area contributed by atoms with Crippen molar-refractivity contribution in [2.24, 2.45) is 7.05 Å². The molecule has 1 atom stereocenters. The van der Waals surface area contributed by atoms with Gasteiger partial charge in [0.1, 0.15) is 0 Å². The second-order valence-electron chi connectivity index (χ2n) is 4.88. The molecule has 0 saturated heterocycles. The van der Waals surface area contributed by atoms with Crippen LogP contribution in [0.2, 0.25) is 0 Å². The van der Waals surface area contributed by atoms with Crippen LogP contribution in [0.1, 0.15) is 15.9 Å². The number of hydrogen-bond acceptors (Lipinski definition) is 3. The first-order chi connectivity index (χ1) is 10.0. The van der Waals surface area contributed by atoms with E-state index in [1.165, 1.54) is 10.6 Å². The number of benzene rings is 1. The number of fused-ring (bicyclic) bond motifs is 1. The van der Waals surface area contributed by atoms with Gasteiger partial charge in [-0.05, 0) is 13.0 Å². The van der Waals surface area contributed by atoms with Gasteiger partial charge in [0.15, 0.2) is 0 Å². The first-order valence-electron chi connectivity index (χ1n) is 6.63. The predicted octanol–water partition coefficient (Wildman–Crippen LogP) is 1.12. The number of carbonyl (C=O) groups is 1. The Balaban J connectivity index is 2.66. The van der Waals surface area contributed by atoms with Gasteiger partial charge in [-0.15, -0.1) is 6.58 Å². The van der Waals surface area contributed by atoms with Gasteiger partial charge in [-0.25, -0.2) is 0 Å². The van der Waals surface area contributed by atoms with Gasteiger partial charge >= 0.3 is 0 Å². The lowest BCUT2D eigenvalue weighted by Crippen LogP contribution is -2.37. The molecule has 1 aromatic heterocycles. The van der Waals surface area contributed by atoms with Crippen molar-refractivity contribution in [2.75, 3.05) is 6.61 Å². The lowest BCUT2D eigenvalue weighted by atomic mass is 10.0. The van der Waals surface area contributed by atoms with E-state index in [2.05, 4.69) is 11.9 Å². The quantitative estimate of drug-likeness (QED) is 0.828. The van der Waals surface area contributed by atoms with E-state index in [4.69, 9.17) is 5.11 Å². The summed E-state index contributed by atoms with van der Waals surface area (Å²) >= 11 is 0. The molecule has 5 nitrogen and oxygen atoms in total. The van der Waals surface area contributed by atoms with Crippen molar-refractivity contribution in [1.82, 2.24) is 9.88 Å². The van der Waals surface area contributed by atoms with Crippen molar-refractivity contribution in [1.29, 1.82) is 0 Å². The summed E-state index contributed by atoms with van der Waals surface area (Å²) in [6.07, 6.45) is 1.45. The zero-order valence-corrected chi connectivity index (χ0v) is 12.1. The van der Waals surface area contributed by atoms with Gasteiger partial charge in [-0.3, -0.25) is 9.59 Å². The number of para-hydroxylation sites is 1. The Bertz CT molecular complexity index is 762. The Morgan fingerprint density at radius 2 is 2.14 bits per heavy atom. The fourth-order valence-electron chi connectivity index (χ4n) is 2.36. The zero-order valence-electron chi connectivity index (χ0n) is 12.1. The molecular formula is C16H18N2O3. The molecule has 1 heterocycles. The van der Waals surface area contributed by atoms with Crippen molar-refractivity contribution in [3.8, 4) is 0 Å². The Morgan fingerprint density at radius 3 is 2.76 bits per heavy atom. The molecule has 0 spiro atoms. The molecule has 1 amide bonds. The first-order valence-corrected chi connectivity index (χ1v) is 6.63. The summed E-state index contributed by atoms with van der Waals surface area (Å²) in [6, 6.07) is 6.70. The summed E-state index contributed by atoms with van der Waals surface area (Å²) in [6.45, 7) is 4.95. The molecule has 2 aromatic rings. The van der Waals surface area contributed by atoms with Crippen molar-refractivity contribution in [3.63, 3.8) is 0 Å². The van der Waals surface area contributed by atoms with E-state index in [0.29, 0.717) is 22.0 Å². The van der Waals surface area contributed by atoms with Crippen LogP contribution in [0.5, 0.6) is 0 Å². The van der Waals surface area contributed by atoms with Crippen LogP contribution in [0.3, 0.4) is 0 Å². The summed E-state index contributed by atoms with van der Waals surface area (Å²) in [5, 5.41) is 12.5. The van der Waals surface area contributed by atoms with Crippen LogP contribution < -0.4 is 10.9 Å². The van der Waals surface area contributed by atoms with Crippen molar-refractivity contribution in [3.05, 3.63) is 58.4 Å². The van der Waals surface area contributed by atoms with Gasteiger partial charge in [0.2, 0.25) is 0 Å². The lowest BCUT2D eigenvalue weighted by Gasteiger charge is -2.16. The smallest absolute Gasteiger partial charge is 0.254 e. The zero-order chi connectivity index (χ0) is 15.6. The molecule has 0 aliphatic carbocycles. The topological polar surface area (TPSA) is 71.3 Å². The number of nitrogens with one attached hydrogen (secondary N) is 1. The fourth-order valence-corrected chi connectivity index (χ4v) is 2.36. The number of nitrogens with zero attached hydrogens (tertiary/aromatic N) is 1. The number of hydrogen-bond donors (Lipinski definition) is 2. The first kappa shape index (κ1) is 15.0. The largest absolute Gasteiger partial charge is 0.394 e. The van der Waals surface area contributed by atoms with Crippen LogP contribution in [0, 0.1) is 6.92 Å². The lowest BCUT2D eigenvalue weighted by molar-refractivity contribution is 0.0930. The van der Waals surface area contributed by atoms with Crippen molar-refractivity contribution >= 4 is 16.8 Å². The molecule has 110 valence electrons. The van der Waals surface area contributed by atoms with Gasteiger partial charge in [0.25, 0.3) is 11.5 Å². The molecule has 5 heteroatoms. The summed E-state index contributed by atoms with van der Waals surface area (Å²) in [5.41, 5.74) is 1.21. The maximum absolute atomic E-state index is 12.5. The van der Waals surface area contributed by atoms with Crippen LogP contribution in [0.15, 0.2) is 41.7 Å². The maximum Gasteiger partial charge on any atom is 0.254 e. The number of pyridine rings is 1. The van der Waals surface area contributed by atoms with Gasteiger partial charge in [0, 0.05) is 18.0 Å². The van der Waals surface area contributed by atoms with Gasteiger partial charge in [0.05, 0.1) is 23.7 Å². The third kappa shape index (κ3) is 2.60. The number of rotatable bonds is 4. The second-order valence-corrected chi connectivity index (χ2v) is 4.88. The monoisotopic (exact) mass is 286 g/mol. The summed E-state index contributed by atoms with van der Waals surface area (Å²) in [7, 11) is 1.68. The highest BCUT2D eigenvalue weighted by atomic mass is 16.3. The number of aliphatic hydroxyl groups is 1. The molecule has 0 unspecified atom stereocenters. The minimum atomic E-state index is -0.542. The van der Waals surface area contributed by atoms with E-state index in [-0.39, 0.29) is 18.1 Å². The number of aryl methyl sites for hydroxylation is 1. The standard InChI is InChI=1S/C16H18N2O3/c1-4-11(9-19)17-15(20)14-10(2)16(21)18(3)13-8-6-5-7-12(13)14/h4-8,11,19H,1,9H2,2-3H3,(H,17,20)/t11-/m1/s1. The van der Waals surface area contributed by atoms with Crippen LogP contribution in [0.25, 0.3) is 10.9 Å². The molecule has 0 bridgehead atoms. The summed E-state index contributed by atoms with van der Waals surface area (Å²) in [5.74, 6) is -0.389. The minimum Gasteiger partial charge on any atom is -0.394 e. The molecule has 0 fully saturated rings. The highest BCUT2D eigenvalue weighted by molar-refractivity contribution is 6.07. The predicted molar refractivity (Wildman–Crippen MR) is 82.5 cm³/mol. The number of carbonyl (C=O) groups excluding carboxylic acids is 1. The summed E-state index contributed by atoms with van der Waals surface area (Å²) < 4.78 is 1.53. The Kier molecular flexibility index (Phi) is 4.23. The Labute approximate surface area is 122 Å². The van der Waals surface area contributed by atoms with E-state index in [1.54, 1.807) is 26.1 Å². The van der Waals surface area contributed by atoms with Crippen LogP contribution in [-0.4, -0.2) is 28.2 Å². The normalized spacial score (nSPS) is 12.1. The van der Waals surface area contributed by atoms with E-state index in [0.717, 1.165) is 0 Å². The van der Waals surface area contributed by atoms with Crippen LogP contribution in [-0.2, 0) is 7.05 Å². The third-order valence-electron chi connectivity index (χ3n) is 3.56. The average molecular weight is 286 g/mol. The fraction of sp³-hybridized carbons (Fsp3) is 0.250.